The van der Waals surface area contributed by atoms with Crippen LogP contribution in [-0.4, -0.2) is 4.92 Å². The summed E-state index contributed by atoms with van der Waals surface area (Å²) in [5, 5.41) is 11.1. The van der Waals surface area contributed by atoms with Crippen molar-refractivity contribution in [2.24, 2.45) is 5.73 Å². The molecule has 1 unspecified atom stereocenters. The van der Waals surface area contributed by atoms with Crippen molar-refractivity contribution in [1.29, 1.82) is 0 Å². The second-order valence-corrected chi connectivity index (χ2v) is 5.72. The summed E-state index contributed by atoms with van der Waals surface area (Å²) in [5.74, 6) is 0.728. The number of halogens is 1. The topological polar surface area (TPSA) is 78.4 Å². The number of nitro benzene ring substituents is 1. The normalized spacial score (nSPS) is 12.0. The van der Waals surface area contributed by atoms with Gasteiger partial charge in [-0.2, -0.15) is 0 Å². The third kappa shape index (κ3) is 3.59. The molecule has 6 heteroatoms. The summed E-state index contributed by atoms with van der Waals surface area (Å²) in [6, 6.07) is 9.92. The van der Waals surface area contributed by atoms with Crippen molar-refractivity contribution in [3.63, 3.8) is 0 Å². The molecule has 21 heavy (non-hydrogen) atoms. The Morgan fingerprint density at radius 2 is 1.95 bits per heavy atom. The maximum absolute atomic E-state index is 11.1. The molecule has 0 heterocycles. The van der Waals surface area contributed by atoms with Gasteiger partial charge in [-0.15, -0.1) is 0 Å². The van der Waals surface area contributed by atoms with E-state index in [0.29, 0.717) is 5.75 Å². The molecule has 0 radical (unpaired) electrons. The number of nitrogens with two attached hydrogens (primary N) is 1. The first-order valence-electron chi connectivity index (χ1n) is 6.36. The fourth-order valence-corrected chi connectivity index (χ4v) is 2.32. The van der Waals surface area contributed by atoms with Crippen LogP contribution in [0.3, 0.4) is 0 Å². The van der Waals surface area contributed by atoms with Crippen molar-refractivity contribution >= 4 is 21.6 Å². The maximum atomic E-state index is 11.1. The van der Waals surface area contributed by atoms with Crippen molar-refractivity contribution in [1.82, 2.24) is 0 Å². The van der Waals surface area contributed by atoms with Gasteiger partial charge in [-0.1, -0.05) is 22.0 Å². The molecule has 5 nitrogen and oxygen atoms in total. The van der Waals surface area contributed by atoms with Gasteiger partial charge in [0.25, 0.3) is 0 Å². The molecule has 0 fully saturated rings. The molecule has 2 N–H and O–H groups in total. The molecule has 1 atom stereocenters. The Bertz CT molecular complexity index is 687. The van der Waals surface area contributed by atoms with E-state index >= 15 is 0 Å². The van der Waals surface area contributed by atoms with E-state index in [1.807, 2.05) is 26.0 Å². The van der Waals surface area contributed by atoms with Crippen molar-refractivity contribution in [2.75, 3.05) is 0 Å². The van der Waals surface area contributed by atoms with Gasteiger partial charge in [-0.3, -0.25) is 10.1 Å². The molecule has 2 aromatic carbocycles. The van der Waals surface area contributed by atoms with E-state index in [4.69, 9.17) is 10.5 Å². The first-order valence-corrected chi connectivity index (χ1v) is 7.15. The Morgan fingerprint density at radius 1 is 1.24 bits per heavy atom. The van der Waals surface area contributed by atoms with Gasteiger partial charge in [0.05, 0.1) is 4.92 Å². The standard InChI is InChI=1S/C15H15BrN2O3/c1-9-3-5-13(18(19)20)15(7-9)21-14-6-4-11(16)8-12(14)10(2)17/h3-8,10H,17H2,1-2H3. The largest absolute Gasteiger partial charge is 0.450 e. The fourth-order valence-electron chi connectivity index (χ4n) is 1.94. The molecule has 0 bridgehead atoms. The SMILES string of the molecule is Cc1ccc([N+](=O)[O-])c(Oc2ccc(Br)cc2C(C)N)c1. The van der Waals surface area contributed by atoms with Crippen LogP contribution in [0.4, 0.5) is 5.69 Å². The number of hydrogen-bond acceptors (Lipinski definition) is 4. The van der Waals surface area contributed by atoms with Crippen LogP contribution in [-0.2, 0) is 0 Å². The minimum atomic E-state index is -0.459. The highest BCUT2D eigenvalue weighted by Crippen LogP contribution is 2.36. The molecule has 0 aliphatic rings. The van der Waals surface area contributed by atoms with E-state index in [0.717, 1.165) is 15.6 Å². The number of rotatable bonds is 4. The van der Waals surface area contributed by atoms with E-state index < -0.39 is 4.92 Å². The zero-order valence-corrected chi connectivity index (χ0v) is 13.3. The number of ether oxygens (including phenoxy) is 1. The Balaban J connectivity index is 2.47. The summed E-state index contributed by atoms with van der Waals surface area (Å²) >= 11 is 3.38. The highest BCUT2D eigenvalue weighted by Gasteiger charge is 2.18. The lowest BCUT2D eigenvalue weighted by molar-refractivity contribution is -0.385. The van der Waals surface area contributed by atoms with Crippen molar-refractivity contribution < 1.29 is 9.66 Å². The summed E-state index contributed by atoms with van der Waals surface area (Å²) in [5.41, 5.74) is 7.52. The van der Waals surface area contributed by atoms with Crippen molar-refractivity contribution in [3.8, 4) is 11.5 Å². The number of aryl methyl sites for hydroxylation is 1. The molecule has 0 saturated heterocycles. The maximum Gasteiger partial charge on any atom is 0.311 e. The van der Waals surface area contributed by atoms with Gasteiger partial charge in [-0.25, -0.2) is 0 Å². The predicted molar refractivity (Wildman–Crippen MR) is 84.7 cm³/mol. The Kier molecular flexibility index (Phi) is 4.59. The van der Waals surface area contributed by atoms with Crippen LogP contribution in [0.2, 0.25) is 0 Å². The Morgan fingerprint density at radius 3 is 2.57 bits per heavy atom. The second-order valence-electron chi connectivity index (χ2n) is 4.80. The molecule has 2 rings (SSSR count). The zero-order chi connectivity index (χ0) is 15.6. The van der Waals surface area contributed by atoms with Crippen molar-refractivity contribution in [2.45, 2.75) is 19.9 Å². The van der Waals surface area contributed by atoms with E-state index in [1.54, 1.807) is 18.2 Å². The first kappa shape index (κ1) is 15.5. The number of hydrogen-bond donors (Lipinski definition) is 1. The monoisotopic (exact) mass is 350 g/mol. The quantitative estimate of drug-likeness (QED) is 0.651. The van der Waals surface area contributed by atoms with Gasteiger partial charge in [0.15, 0.2) is 0 Å². The van der Waals surface area contributed by atoms with Crippen LogP contribution in [0.15, 0.2) is 40.9 Å². The summed E-state index contributed by atoms with van der Waals surface area (Å²) in [4.78, 5) is 10.6. The van der Waals surface area contributed by atoms with Crippen LogP contribution in [0.5, 0.6) is 11.5 Å². The van der Waals surface area contributed by atoms with Crippen molar-refractivity contribution in [3.05, 3.63) is 62.1 Å². The molecule has 110 valence electrons. The third-order valence-corrected chi connectivity index (χ3v) is 3.49. The highest BCUT2D eigenvalue weighted by atomic mass is 79.9. The van der Waals surface area contributed by atoms with Gasteiger partial charge in [-0.05, 0) is 43.7 Å². The zero-order valence-electron chi connectivity index (χ0n) is 11.7. The molecule has 0 aromatic heterocycles. The van der Waals surface area contributed by atoms with E-state index in [9.17, 15) is 10.1 Å². The lowest BCUT2D eigenvalue weighted by Gasteiger charge is -2.14. The molecule has 0 aliphatic heterocycles. The predicted octanol–water partition coefficient (Wildman–Crippen LogP) is 4.48. The molecular formula is C15H15BrN2O3. The van der Waals surface area contributed by atoms with Gasteiger partial charge in [0.2, 0.25) is 5.75 Å². The van der Waals surface area contributed by atoms with E-state index in [-0.39, 0.29) is 17.5 Å². The molecule has 2 aromatic rings. The number of nitrogens with zero attached hydrogens (tertiary/aromatic N) is 1. The van der Waals surface area contributed by atoms with Gasteiger partial charge in [0.1, 0.15) is 5.75 Å². The average molecular weight is 351 g/mol. The summed E-state index contributed by atoms with van der Waals surface area (Å²) in [6.45, 7) is 3.68. The lowest BCUT2D eigenvalue weighted by Crippen LogP contribution is -2.07. The number of nitro groups is 1. The smallest absolute Gasteiger partial charge is 0.311 e. The van der Waals surface area contributed by atoms with Crippen LogP contribution in [0.1, 0.15) is 24.1 Å². The fraction of sp³-hybridized carbons (Fsp3) is 0.200. The second kappa shape index (κ2) is 6.24. The van der Waals surface area contributed by atoms with E-state index in [2.05, 4.69) is 15.9 Å². The molecular weight excluding hydrogens is 336 g/mol. The van der Waals surface area contributed by atoms with Crippen LogP contribution in [0, 0.1) is 17.0 Å². The Hall–Kier alpha value is -1.92. The molecule has 0 amide bonds. The minimum Gasteiger partial charge on any atom is -0.450 e. The summed E-state index contributed by atoms with van der Waals surface area (Å²) in [6.07, 6.45) is 0. The number of benzene rings is 2. The lowest BCUT2D eigenvalue weighted by atomic mass is 10.1. The van der Waals surface area contributed by atoms with Crippen LogP contribution >= 0.6 is 15.9 Å². The van der Waals surface area contributed by atoms with E-state index in [1.165, 1.54) is 6.07 Å². The Labute approximate surface area is 131 Å². The summed E-state index contributed by atoms with van der Waals surface area (Å²) in [7, 11) is 0. The van der Waals surface area contributed by atoms with Crippen LogP contribution < -0.4 is 10.5 Å². The molecule has 0 spiro atoms. The minimum absolute atomic E-state index is 0.0702. The van der Waals surface area contributed by atoms with Crippen LogP contribution in [0.25, 0.3) is 0 Å². The van der Waals surface area contributed by atoms with Gasteiger partial charge >= 0.3 is 5.69 Å². The van der Waals surface area contributed by atoms with Gasteiger partial charge in [0, 0.05) is 22.1 Å². The molecule has 0 saturated carbocycles. The summed E-state index contributed by atoms with van der Waals surface area (Å²) < 4.78 is 6.63. The van der Waals surface area contributed by atoms with Gasteiger partial charge < -0.3 is 10.5 Å². The third-order valence-electron chi connectivity index (χ3n) is 2.99. The average Bonchev–Trinajstić information content (AvgIpc) is 2.40. The molecule has 0 aliphatic carbocycles. The first-order chi connectivity index (χ1) is 9.88. The highest BCUT2D eigenvalue weighted by molar-refractivity contribution is 9.10.